The molecule has 0 aromatic carbocycles. The SMILES string of the molecule is CCOC(=O)C1CCCC(NC2CCCCC2CO)C1. The van der Waals surface area contributed by atoms with Crippen molar-refractivity contribution in [2.24, 2.45) is 11.8 Å². The molecule has 0 spiro atoms. The predicted octanol–water partition coefficient (Wildman–Crippen LogP) is 2.25. The van der Waals surface area contributed by atoms with Gasteiger partial charge in [0.2, 0.25) is 0 Å². The van der Waals surface area contributed by atoms with E-state index in [9.17, 15) is 9.90 Å². The molecular weight excluding hydrogens is 254 g/mol. The lowest BCUT2D eigenvalue weighted by atomic mass is 9.81. The zero-order chi connectivity index (χ0) is 14.4. The van der Waals surface area contributed by atoms with Gasteiger partial charge < -0.3 is 15.2 Å². The maximum atomic E-state index is 11.9. The zero-order valence-corrected chi connectivity index (χ0v) is 12.6. The number of carbonyl (C=O) groups is 1. The fourth-order valence-corrected chi connectivity index (χ4v) is 3.76. The fraction of sp³-hybridized carbons (Fsp3) is 0.938. The van der Waals surface area contributed by atoms with Gasteiger partial charge in [0.25, 0.3) is 0 Å². The monoisotopic (exact) mass is 283 g/mol. The first-order valence-electron chi connectivity index (χ1n) is 8.28. The summed E-state index contributed by atoms with van der Waals surface area (Å²) in [5.41, 5.74) is 0. The maximum absolute atomic E-state index is 11.9. The lowest BCUT2D eigenvalue weighted by Crippen LogP contribution is -2.47. The first-order chi connectivity index (χ1) is 9.74. The Morgan fingerprint density at radius 2 is 2.00 bits per heavy atom. The number of ether oxygens (including phenoxy) is 1. The summed E-state index contributed by atoms with van der Waals surface area (Å²) in [6.07, 6.45) is 8.87. The van der Waals surface area contributed by atoms with Crippen LogP contribution in [0, 0.1) is 11.8 Å². The van der Waals surface area contributed by atoms with Crippen molar-refractivity contribution in [2.75, 3.05) is 13.2 Å². The summed E-state index contributed by atoms with van der Waals surface area (Å²) in [5, 5.41) is 13.2. The third-order valence-corrected chi connectivity index (χ3v) is 4.89. The molecule has 2 saturated carbocycles. The Bertz CT molecular complexity index is 308. The molecule has 4 unspecified atom stereocenters. The van der Waals surface area contributed by atoms with Crippen LogP contribution >= 0.6 is 0 Å². The van der Waals surface area contributed by atoms with E-state index in [0.29, 0.717) is 24.6 Å². The average molecular weight is 283 g/mol. The number of aliphatic hydroxyl groups excluding tert-OH is 1. The summed E-state index contributed by atoms with van der Waals surface area (Å²) in [5.74, 6) is 0.436. The molecule has 0 radical (unpaired) electrons. The molecule has 2 aliphatic rings. The molecule has 0 saturated heterocycles. The van der Waals surface area contributed by atoms with Crippen LogP contribution in [0.2, 0.25) is 0 Å². The Kier molecular flexibility index (Phi) is 6.30. The molecule has 2 fully saturated rings. The van der Waals surface area contributed by atoms with Gasteiger partial charge in [-0.25, -0.2) is 0 Å². The molecule has 0 amide bonds. The van der Waals surface area contributed by atoms with Crippen LogP contribution < -0.4 is 5.32 Å². The molecule has 0 heterocycles. The average Bonchev–Trinajstić information content (AvgIpc) is 2.48. The summed E-state index contributed by atoms with van der Waals surface area (Å²) in [7, 11) is 0. The predicted molar refractivity (Wildman–Crippen MR) is 78.3 cm³/mol. The van der Waals surface area contributed by atoms with Crippen molar-refractivity contribution in [3.8, 4) is 0 Å². The van der Waals surface area contributed by atoms with Crippen molar-refractivity contribution in [1.82, 2.24) is 5.32 Å². The molecule has 2 rings (SSSR count). The molecular formula is C16H29NO3. The van der Waals surface area contributed by atoms with Crippen molar-refractivity contribution in [2.45, 2.75) is 70.4 Å². The highest BCUT2D eigenvalue weighted by Crippen LogP contribution is 2.29. The lowest BCUT2D eigenvalue weighted by Gasteiger charge is -2.37. The van der Waals surface area contributed by atoms with Crippen LogP contribution in [0.3, 0.4) is 0 Å². The van der Waals surface area contributed by atoms with Crippen LogP contribution in [0.4, 0.5) is 0 Å². The number of esters is 1. The second-order valence-corrected chi connectivity index (χ2v) is 6.31. The standard InChI is InChI=1S/C16H29NO3/c1-2-20-16(19)12-7-5-8-14(10-12)17-15-9-4-3-6-13(15)11-18/h12-15,17-18H,2-11H2,1H3. The van der Waals surface area contributed by atoms with E-state index < -0.39 is 0 Å². The molecule has 2 N–H and O–H groups in total. The van der Waals surface area contributed by atoms with Gasteiger partial charge in [0.05, 0.1) is 12.5 Å². The summed E-state index contributed by atoms with van der Waals surface area (Å²) in [6, 6.07) is 0.843. The minimum atomic E-state index is -0.0265. The molecule has 0 bridgehead atoms. The molecule has 20 heavy (non-hydrogen) atoms. The second kappa shape index (κ2) is 7.99. The van der Waals surface area contributed by atoms with E-state index in [1.807, 2.05) is 6.92 Å². The summed E-state index contributed by atoms with van der Waals surface area (Å²) < 4.78 is 5.16. The number of aliphatic hydroxyl groups is 1. The first-order valence-corrected chi connectivity index (χ1v) is 8.28. The van der Waals surface area contributed by atoms with E-state index in [1.54, 1.807) is 0 Å². The Hall–Kier alpha value is -0.610. The molecule has 0 aliphatic heterocycles. The lowest BCUT2D eigenvalue weighted by molar-refractivity contribution is -0.149. The quantitative estimate of drug-likeness (QED) is 0.760. The minimum absolute atomic E-state index is 0.0265. The smallest absolute Gasteiger partial charge is 0.308 e. The Labute approximate surface area is 122 Å². The first kappa shape index (κ1) is 15.8. The van der Waals surface area contributed by atoms with Gasteiger partial charge in [-0.15, -0.1) is 0 Å². The molecule has 4 heteroatoms. The number of carbonyl (C=O) groups excluding carboxylic acids is 1. The molecule has 4 nitrogen and oxygen atoms in total. The minimum Gasteiger partial charge on any atom is -0.466 e. The van der Waals surface area contributed by atoms with E-state index in [-0.39, 0.29) is 18.5 Å². The van der Waals surface area contributed by atoms with Crippen molar-refractivity contribution >= 4 is 5.97 Å². The van der Waals surface area contributed by atoms with Crippen LogP contribution in [0.5, 0.6) is 0 Å². The van der Waals surface area contributed by atoms with E-state index >= 15 is 0 Å². The summed E-state index contributed by atoms with van der Waals surface area (Å²) >= 11 is 0. The Morgan fingerprint density at radius 3 is 2.75 bits per heavy atom. The highest BCUT2D eigenvalue weighted by molar-refractivity contribution is 5.72. The van der Waals surface area contributed by atoms with E-state index in [2.05, 4.69) is 5.32 Å². The van der Waals surface area contributed by atoms with E-state index in [0.717, 1.165) is 38.5 Å². The third kappa shape index (κ3) is 4.19. The number of hydrogen-bond acceptors (Lipinski definition) is 4. The van der Waals surface area contributed by atoms with Crippen LogP contribution in [0.1, 0.15) is 58.3 Å². The van der Waals surface area contributed by atoms with Crippen molar-refractivity contribution in [3.63, 3.8) is 0 Å². The van der Waals surface area contributed by atoms with Gasteiger partial charge >= 0.3 is 5.97 Å². The fourth-order valence-electron chi connectivity index (χ4n) is 3.76. The van der Waals surface area contributed by atoms with Gasteiger partial charge in [-0.1, -0.05) is 19.3 Å². The summed E-state index contributed by atoms with van der Waals surface area (Å²) in [4.78, 5) is 11.9. The number of hydrogen-bond donors (Lipinski definition) is 2. The van der Waals surface area contributed by atoms with Crippen LogP contribution in [0.15, 0.2) is 0 Å². The third-order valence-electron chi connectivity index (χ3n) is 4.89. The molecule has 0 aromatic rings. The largest absolute Gasteiger partial charge is 0.466 e. The van der Waals surface area contributed by atoms with Gasteiger partial charge in [0, 0.05) is 18.7 Å². The number of nitrogens with one attached hydrogen (secondary N) is 1. The number of rotatable bonds is 5. The summed E-state index contributed by atoms with van der Waals surface area (Å²) in [6.45, 7) is 2.62. The second-order valence-electron chi connectivity index (χ2n) is 6.31. The van der Waals surface area contributed by atoms with Crippen LogP contribution in [-0.2, 0) is 9.53 Å². The van der Waals surface area contributed by atoms with Gasteiger partial charge in [-0.2, -0.15) is 0 Å². The van der Waals surface area contributed by atoms with Gasteiger partial charge in [0.1, 0.15) is 0 Å². The van der Waals surface area contributed by atoms with Gasteiger partial charge in [0.15, 0.2) is 0 Å². The van der Waals surface area contributed by atoms with Crippen molar-refractivity contribution in [3.05, 3.63) is 0 Å². The van der Waals surface area contributed by atoms with Gasteiger partial charge in [-0.3, -0.25) is 4.79 Å². The highest BCUT2D eigenvalue weighted by Gasteiger charge is 2.32. The highest BCUT2D eigenvalue weighted by atomic mass is 16.5. The normalized spacial score (nSPS) is 34.7. The topological polar surface area (TPSA) is 58.6 Å². The molecule has 2 aliphatic carbocycles. The Balaban J connectivity index is 1.84. The Morgan fingerprint density at radius 1 is 1.20 bits per heavy atom. The van der Waals surface area contributed by atoms with Crippen LogP contribution in [-0.4, -0.2) is 36.4 Å². The van der Waals surface area contributed by atoms with Crippen molar-refractivity contribution < 1.29 is 14.6 Å². The van der Waals surface area contributed by atoms with Crippen LogP contribution in [0.25, 0.3) is 0 Å². The molecule has 4 atom stereocenters. The van der Waals surface area contributed by atoms with E-state index in [4.69, 9.17) is 4.74 Å². The van der Waals surface area contributed by atoms with Gasteiger partial charge in [-0.05, 0) is 44.9 Å². The van der Waals surface area contributed by atoms with Crippen molar-refractivity contribution in [1.29, 1.82) is 0 Å². The molecule has 116 valence electrons. The molecule has 0 aromatic heterocycles. The van der Waals surface area contributed by atoms with E-state index in [1.165, 1.54) is 12.8 Å². The maximum Gasteiger partial charge on any atom is 0.308 e. The zero-order valence-electron chi connectivity index (χ0n) is 12.6.